The minimum absolute atomic E-state index is 0.0756. The first kappa shape index (κ1) is 13.2. The topological polar surface area (TPSA) is 20.3 Å². The Bertz CT molecular complexity index is 522. The van der Waals surface area contributed by atoms with Crippen molar-refractivity contribution in [1.29, 1.82) is 0 Å². The van der Waals surface area contributed by atoms with Crippen molar-refractivity contribution < 1.29 is 4.79 Å². The van der Waals surface area contributed by atoms with Gasteiger partial charge in [0.25, 0.3) is 5.91 Å². The third-order valence-corrected chi connectivity index (χ3v) is 4.03. The fourth-order valence-electron chi connectivity index (χ4n) is 1.73. The Hall–Kier alpha value is -1.26. The molecule has 0 radical (unpaired) electrons. The summed E-state index contributed by atoms with van der Waals surface area (Å²) < 4.78 is 0. The van der Waals surface area contributed by atoms with Crippen molar-refractivity contribution in [2.75, 3.05) is 6.54 Å². The predicted octanol–water partition coefficient (Wildman–Crippen LogP) is 3.70. The van der Waals surface area contributed by atoms with Gasteiger partial charge in [0.05, 0.1) is 4.88 Å². The van der Waals surface area contributed by atoms with Crippen LogP contribution < -0.4 is 0 Å². The summed E-state index contributed by atoms with van der Waals surface area (Å²) in [7, 11) is 0. The van der Waals surface area contributed by atoms with E-state index in [4.69, 9.17) is 0 Å². The minimum Gasteiger partial charge on any atom is -0.334 e. The highest BCUT2D eigenvalue weighted by atomic mass is 32.1. The summed E-state index contributed by atoms with van der Waals surface area (Å²) in [6.45, 7) is 3.35. The molecule has 0 bridgehead atoms. The first-order valence-corrected chi connectivity index (χ1v) is 7.14. The molecule has 0 fully saturated rings. The van der Waals surface area contributed by atoms with Crippen LogP contribution in [-0.4, -0.2) is 17.4 Å². The molecule has 1 aromatic heterocycles. The molecule has 0 saturated carbocycles. The SMILES string of the molecule is CCN(Cc1ccccc1)C(=O)c1cc(S)cs1. The van der Waals surface area contributed by atoms with E-state index in [1.165, 1.54) is 11.3 Å². The van der Waals surface area contributed by atoms with Crippen molar-refractivity contribution in [2.24, 2.45) is 0 Å². The fraction of sp³-hybridized carbons (Fsp3) is 0.214. The second-order valence-corrected chi connectivity index (χ2v) is 5.40. The standard InChI is InChI=1S/C14H15NOS2/c1-2-15(9-11-6-4-3-5-7-11)14(16)13-8-12(17)10-18-13/h3-8,10,17H,2,9H2,1H3. The number of nitrogens with zero attached hydrogens (tertiary/aromatic N) is 1. The van der Waals surface area contributed by atoms with Gasteiger partial charge in [-0.1, -0.05) is 30.3 Å². The zero-order valence-electron chi connectivity index (χ0n) is 10.2. The van der Waals surface area contributed by atoms with Crippen LogP contribution in [0.1, 0.15) is 22.2 Å². The van der Waals surface area contributed by atoms with Crippen LogP contribution in [0.5, 0.6) is 0 Å². The smallest absolute Gasteiger partial charge is 0.264 e. The molecule has 2 rings (SSSR count). The molecule has 0 aliphatic carbocycles. The Morgan fingerprint density at radius 1 is 1.33 bits per heavy atom. The highest BCUT2D eigenvalue weighted by Gasteiger charge is 2.15. The van der Waals surface area contributed by atoms with Crippen molar-refractivity contribution in [3.8, 4) is 0 Å². The van der Waals surface area contributed by atoms with E-state index in [1.807, 2.05) is 53.6 Å². The maximum absolute atomic E-state index is 12.3. The Morgan fingerprint density at radius 3 is 2.61 bits per heavy atom. The summed E-state index contributed by atoms with van der Waals surface area (Å²) in [5.41, 5.74) is 1.15. The van der Waals surface area contributed by atoms with Gasteiger partial charge in [-0.25, -0.2) is 0 Å². The van der Waals surface area contributed by atoms with Crippen molar-refractivity contribution in [3.05, 3.63) is 52.2 Å². The molecule has 94 valence electrons. The molecule has 0 saturated heterocycles. The van der Waals surface area contributed by atoms with Crippen LogP contribution in [0, 0.1) is 0 Å². The summed E-state index contributed by atoms with van der Waals surface area (Å²) >= 11 is 5.68. The summed E-state index contributed by atoms with van der Waals surface area (Å²) in [4.78, 5) is 15.7. The lowest BCUT2D eigenvalue weighted by Crippen LogP contribution is -2.29. The van der Waals surface area contributed by atoms with Gasteiger partial charge in [0, 0.05) is 23.4 Å². The molecular formula is C14H15NOS2. The quantitative estimate of drug-likeness (QED) is 0.845. The van der Waals surface area contributed by atoms with Crippen molar-refractivity contribution in [1.82, 2.24) is 4.90 Å². The molecule has 0 aliphatic heterocycles. The molecule has 0 atom stereocenters. The van der Waals surface area contributed by atoms with Crippen molar-refractivity contribution in [2.45, 2.75) is 18.4 Å². The number of hydrogen-bond acceptors (Lipinski definition) is 3. The first-order valence-electron chi connectivity index (χ1n) is 5.81. The zero-order chi connectivity index (χ0) is 13.0. The maximum atomic E-state index is 12.3. The number of benzene rings is 1. The van der Waals surface area contributed by atoms with Crippen LogP contribution in [0.4, 0.5) is 0 Å². The highest BCUT2D eigenvalue weighted by molar-refractivity contribution is 7.80. The zero-order valence-corrected chi connectivity index (χ0v) is 11.9. The van der Waals surface area contributed by atoms with E-state index < -0.39 is 0 Å². The van der Waals surface area contributed by atoms with Gasteiger partial charge in [-0.2, -0.15) is 0 Å². The molecule has 1 amide bonds. The van der Waals surface area contributed by atoms with E-state index in [1.54, 1.807) is 0 Å². The van der Waals surface area contributed by atoms with E-state index in [0.29, 0.717) is 13.1 Å². The Kier molecular flexibility index (Phi) is 4.44. The Labute approximate surface area is 117 Å². The van der Waals surface area contributed by atoms with E-state index in [9.17, 15) is 4.79 Å². The number of thiophene rings is 1. The third kappa shape index (κ3) is 3.15. The lowest BCUT2D eigenvalue weighted by atomic mass is 10.2. The van der Waals surface area contributed by atoms with Gasteiger partial charge in [-0.15, -0.1) is 24.0 Å². The van der Waals surface area contributed by atoms with Gasteiger partial charge in [0.1, 0.15) is 0 Å². The molecule has 0 unspecified atom stereocenters. The predicted molar refractivity (Wildman–Crippen MR) is 78.4 cm³/mol. The maximum Gasteiger partial charge on any atom is 0.264 e. The summed E-state index contributed by atoms with van der Waals surface area (Å²) in [6, 6.07) is 11.9. The van der Waals surface area contributed by atoms with Gasteiger partial charge in [-0.3, -0.25) is 4.79 Å². The molecule has 4 heteroatoms. The van der Waals surface area contributed by atoms with Crippen LogP contribution in [0.2, 0.25) is 0 Å². The van der Waals surface area contributed by atoms with Gasteiger partial charge in [0.2, 0.25) is 0 Å². The third-order valence-electron chi connectivity index (χ3n) is 2.68. The van der Waals surface area contributed by atoms with Gasteiger partial charge in [0.15, 0.2) is 0 Å². The number of carbonyl (C=O) groups excluding carboxylic acids is 1. The average Bonchev–Trinajstić information content (AvgIpc) is 2.83. The average molecular weight is 277 g/mol. The number of thiol groups is 1. The summed E-state index contributed by atoms with van der Waals surface area (Å²) in [5, 5.41) is 1.88. The molecule has 2 aromatic rings. The van der Waals surface area contributed by atoms with Crippen LogP contribution in [-0.2, 0) is 6.54 Å². The number of amides is 1. The Morgan fingerprint density at radius 2 is 2.06 bits per heavy atom. The van der Waals surface area contributed by atoms with Crippen LogP contribution in [0.25, 0.3) is 0 Å². The molecule has 0 spiro atoms. The van der Waals surface area contributed by atoms with E-state index >= 15 is 0 Å². The molecule has 2 nitrogen and oxygen atoms in total. The largest absolute Gasteiger partial charge is 0.334 e. The first-order chi connectivity index (χ1) is 8.70. The monoisotopic (exact) mass is 277 g/mol. The van der Waals surface area contributed by atoms with Crippen LogP contribution in [0.3, 0.4) is 0 Å². The highest BCUT2D eigenvalue weighted by Crippen LogP contribution is 2.20. The molecule has 0 aliphatic rings. The second-order valence-electron chi connectivity index (χ2n) is 3.97. The molecule has 0 N–H and O–H groups in total. The number of hydrogen-bond donors (Lipinski definition) is 1. The lowest BCUT2D eigenvalue weighted by Gasteiger charge is -2.20. The molecule has 1 aromatic carbocycles. The Balaban J connectivity index is 2.12. The molecule has 18 heavy (non-hydrogen) atoms. The normalized spacial score (nSPS) is 10.3. The van der Waals surface area contributed by atoms with Crippen molar-refractivity contribution >= 4 is 29.9 Å². The number of rotatable bonds is 4. The van der Waals surface area contributed by atoms with E-state index in [-0.39, 0.29) is 5.91 Å². The number of carbonyl (C=O) groups is 1. The lowest BCUT2D eigenvalue weighted by molar-refractivity contribution is 0.0757. The fourth-order valence-corrected chi connectivity index (χ4v) is 2.84. The van der Waals surface area contributed by atoms with Gasteiger partial charge >= 0.3 is 0 Å². The molecule has 1 heterocycles. The minimum atomic E-state index is 0.0756. The van der Waals surface area contributed by atoms with Gasteiger partial charge < -0.3 is 4.90 Å². The summed E-state index contributed by atoms with van der Waals surface area (Å²) in [5.74, 6) is 0.0756. The van der Waals surface area contributed by atoms with Gasteiger partial charge in [-0.05, 0) is 18.6 Å². The van der Waals surface area contributed by atoms with E-state index in [2.05, 4.69) is 12.6 Å². The van der Waals surface area contributed by atoms with Crippen LogP contribution >= 0.6 is 24.0 Å². The van der Waals surface area contributed by atoms with Crippen molar-refractivity contribution in [3.63, 3.8) is 0 Å². The summed E-state index contributed by atoms with van der Waals surface area (Å²) in [6.07, 6.45) is 0. The van der Waals surface area contributed by atoms with Crippen LogP contribution in [0.15, 0.2) is 46.7 Å². The van der Waals surface area contributed by atoms with E-state index in [0.717, 1.165) is 15.3 Å². The second kappa shape index (κ2) is 6.07. The molecular weight excluding hydrogens is 262 g/mol.